The maximum absolute atomic E-state index is 5.59. The van der Waals surface area contributed by atoms with E-state index >= 15 is 0 Å². The highest BCUT2D eigenvalue weighted by Gasteiger charge is 2.09. The van der Waals surface area contributed by atoms with Crippen LogP contribution in [0.15, 0.2) is 6.20 Å². The molecule has 0 unspecified atom stereocenters. The van der Waals surface area contributed by atoms with E-state index in [1.165, 1.54) is 0 Å². The van der Waals surface area contributed by atoms with Gasteiger partial charge in [0.1, 0.15) is 0 Å². The minimum absolute atomic E-state index is 0.0966. The summed E-state index contributed by atoms with van der Waals surface area (Å²) in [4.78, 5) is 0. The molecule has 0 saturated heterocycles. The predicted molar refractivity (Wildman–Crippen MR) is 58.5 cm³/mol. The van der Waals surface area contributed by atoms with Gasteiger partial charge in [-0.3, -0.25) is 0 Å². The van der Waals surface area contributed by atoms with Crippen molar-refractivity contribution in [1.82, 2.24) is 15.0 Å². The molecule has 0 aliphatic carbocycles. The highest BCUT2D eigenvalue weighted by Crippen LogP contribution is 2.06. The molecular weight excluding hydrogens is 192 g/mol. The van der Waals surface area contributed by atoms with Crippen LogP contribution in [-0.4, -0.2) is 33.7 Å². The fourth-order valence-electron chi connectivity index (χ4n) is 1.16. The van der Waals surface area contributed by atoms with Gasteiger partial charge in [0.05, 0.1) is 24.4 Å². The van der Waals surface area contributed by atoms with Gasteiger partial charge in [0.2, 0.25) is 0 Å². The van der Waals surface area contributed by atoms with Gasteiger partial charge in [0.15, 0.2) is 0 Å². The molecule has 5 nitrogen and oxygen atoms in total. The molecule has 1 heterocycles. The van der Waals surface area contributed by atoms with Crippen molar-refractivity contribution in [3.63, 3.8) is 0 Å². The second-order valence-electron chi connectivity index (χ2n) is 4.47. The summed E-state index contributed by atoms with van der Waals surface area (Å²) in [5, 5.41) is 7.98. The standard InChI is InChI=1S/C10H20N4O/c1-10(2,3)15-7-6-14-8-9(4-5-11)12-13-14/h8H,4-7,11H2,1-3H3. The molecule has 0 saturated carbocycles. The molecule has 0 aromatic carbocycles. The summed E-state index contributed by atoms with van der Waals surface area (Å²) in [5.74, 6) is 0. The van der Waals surface area contributed by atoms with Gasteiger partial charge in [0, 0.05) is 12.6 Å². The van der Waals surface area contributed by atoms with E-state index in [1.54, 1.807) is 4.68 Å². The Morgan fingerprint density at radius 3 is 2.80 bits per heavy atom. The third kappa shape index (κ3) is 4.90. The maximum atomic E-state index is 5.59. The van der Waals surface area contributed by atoms with E-state index in [4.69, 9.17) is 10.5 Å². The first-order valence-corrected chi connectivity index (χ1v) is 5.24. The zero-order valence-electron chi connectivity index (χ0n) is 9.73. The Hall–Kier alpha value is -0.940. The molecule has 0 spiro atoms. The second kappa shape index (κ2) is 5.23. The highest BCUT2D eigenvalue weighted by molar-refractivity contribution is 4.92. The van der Waals surface area contributed by atoms with Crippen molar-refractivity contribution in [3.8, 4) is 0 Å². The maximum Gasteiger partial charge on any atom is 0.0839 e. The molecule has 15 heavy (non-hydrogen) atoms. The molecule has 1 aromatic rings. The lowest BCUT2D eigenvalue weighted by Gasteiger charge is -2.19. The summed E-state index contributed by atoms with van der Waals surface area (Å²) >= 11 is 0. The lowest BCUT2D eigenvalue weighted by molar-refractivity contribution is -0.00805. The molecule has 0 aliphatic heterocycles. The number of nitrogens with two attached hydrogens (primary N) is 1. The van der Waals surface area contributed by atoms with E-state index in [9.17, 15) is 0 Å². The molecule has 0 fully saturated rings. The number of aromatic nitrogens is 3. The average Bonchev–Trinajstić information content (AvgIpc) is 2.51. The van der Waals surface area contributed by atoms with Gasteiger partial charge in [-0.25, -0.2) is 4.68 Å². The Bertz CT molecular complexity index is 290. The van der Waals surface area contributed by atoms with E-state index in [1.807, 2.05) is 27.0 Å². The first kappa shape index (κ1) is 12.1. The zero-order chi connectivity index (χ0) is 11.3. The fraction of sp³-hybridized carbons (Fsp3) is 0.800. The van der Waals surface area contributed by atoms with Gasteiger partial charge in [-0.05, 0) is 27.3 Å². The van der Waals surface area contributed by atoms with E-state index < -0.39 is 0 Å². The lowest BCUT2D eigenvalue weighted by Crippen LogP contribution is -2.22. The van der Waals surface area contributed by atoms with Crippen molar-refractivity contribution in [1.29, 1.82) is 0 Å². The minimum Gasteiger partial charge on any atom is -0.374 e. The van der Waals surface area contributed by atoms with Gasteiger partial charge >= 0.3 is 0 Å². The van der Waals surface area contributed by atoms with E-state index in [0.29, 0.717) is 13.2 Å². The quantitative estimate of drug-likeness (QED) is 0.776. The lowest BCUT2D eigenvalue weighted by atomic mass is 10.2. The highest BCUT2D eigenvalue weighted by atomic mass is 16.5. The Morgan fingerprint density at radius 1 is 1.47 bits per heavy atom. The Kier molecular flexibility index (Phi) is 4.23. The molecule has 1 aromatic heterocycles. The fourth-order valence-corrected chi connectivity index (χ4v) is 1.16. The van der Waals surface area contributed by atoms with E-state index in [0.717, 1.165) is 18.7 Å². The third-order valence-electron chi connectivity index (χ3n) is 1.84. The SMILES string of the molecule is CC(C)(C)OCCn1cc(CCN)nn1. The summed E-state index contributed by atoms with van der Waals surface area (Å²) in [6.07, 6.45) is 2.69. The number of rotatable bonds is 5. The van der Waals surface area contributed by atoms with Crippen molar-refractivity contribution in [2.24, 2.45) is 5.73 Å². The Balaban J connectivity index is 2.31. The molecule has 0 amide bonds. The van der Waals surface area contributed by atoms with Gasteiger partial charge in [-0.15, -0.1) is 5.10 Å². The van der Waals surface area contributed by atoms with Crippen LogP contribution in [0.4, 0.5) is 0 Å². The number of hydrogen-bond donors (Lipinski definition) is 1. The number of nitrogens with zero attached hydrogens (tertiary/aromatic N) is 3. The first-order chi connectivity index (χ1) is 7.01. The van der Waals surface area contributed by atoms with Crippen molar-refractivity contribution in [2.45, 2.75) is 39.3 Å². The van der Waals surface area contributed by atoms with Crippen LogP contribution in [-0.2, 0) is 17.7 Å². The van der Waals surface area contributed by atoms with Crippen LogP contribution in [0, 0.1) is 0 Å². The number of hydrogen-bond acceptors (Lipinski definition) is 4. The van der Waals surface area contributed by atoms with Gasteiger partial charge in [0.25, 0.3) is 0 Å². The van der Waals surface area contributed by atoms with Gasteiger partial charge < -0.3 is 10.5 Å². The van der Waals surface area contributed by atoms with Crippen molar-refractivity contribution < 1.29 is 4.74 Å². The summed E-state index contributed by atoms with van der Waals surface area (Å²) in [6.45, 7) is 8.09. The van der Waals surface area contributed by atoms with Crippen LogP contribution in [0.1, 0.15) is 26.5 Å². The van der Waals surface area contributed by atoms with E-state index in [-0.39, 0.29) is 5.60 Å². The molecule has 5 heteroatoms. The predicted octanol–water partition coefficient (Wildman–Crippen LogP) is 0.594. The first-order valence-electron chi connectivity index (χ1n) is 5.24. The molecule has 1 rings (SSSR count). The summed E-state index contributed by atoms with van der Waals surface area (Å²) < 4.78 is 7.38. The zero-order valence-corrected chi connectivity index (χ0v) is 9.73. The Morgan fingerprint density at radius 2 is 2.20 bits per heavy atom. The molecule has 2 N–H and O–H groups in total. The summed E-state index contributed by atoms with van der Waals surface area (Å²) in [7, 11) is 0. The monoisotopic (exact) mass is 212 g/mol. The van der Waals surface area contributed by atoms with Crippen LogP contribution >= 0.6 is 0 Å². The second-order valence-corrected chi connectivity index (χ2v) is 4.47. The normalized spacial score (nSPS) is 12.0. The third-order valence-corrected chi connectivity index (χ3v) is 1.84. The minimum atomic E-state index is -0.0966. The van der Waals surface area contributed by atoms with Crippen LogP contribution in [0.3, 0.4) is 0 Å². The topological polar surface area (TPSA) is 66.0 Å². The van der Waals surface area contributed by atoms with Crippen LogP contribution < -0.4 is 5.73 Å². The van der Waals surface area contributed by atoms with Crippen LogP contribution in [0.2, 0.25) is 0 Å². The summed E-state index contributed by atoms with van der Waals surface area (Å²) in [5.41, 5.74) is 6.27. The number of ether oxygens (including phenoxy) is 1. The van der Waals surface area contributed by atoms with Crippen molar-refractivity contribution in [3.05, 3.63) is 11.9 Å². The average molecular weight is 212 g/mol. The largest absolute Gasteiger partial charge is 0.374 e. The van der Waals surface area contributed by atoms with Crippen LogP contribution in [0.5, 0.6) is 0 Å². The molecule has 0 aliphatic rings. The Labute approximate surface area is 90.6 Å². The van der Waals surface area contributed by atoms with Crippen molar-refractivity contribution >= 4 is 0 Å². The van der Waals surface area contributed by atoms with Gasteiger partial charge in [-0.1, -0.05) is 5.21 Å². The van der Waals surface area contributed by atoms with Crippen LogP contribution in [0.25, 0.3) is 0 Å². The smallest absolute Gasteiger partial charge is 0.0839 e. The van der Waals surface area contributed by atoms with Crippen molar-refractivity contribution in [2.75, 3.05) is 13.2 Å². The molecule has 0 radical (unpaired) electrons. The van der Waals surface area contributed by atoms with E-state index in [2.05, 4.69) is 10.3 Å². The van der Waals surface area contributed by atoms with Gasteiger partial charge in [-0.2, -0.15) is 0 Å². The molecule has 0 atom stereocenters. The summed E-state index contributed by atoms with van der Waals surface area (Å²) in [6, 6.07) is 0. The molecule has 0 bridgehead atoms. The molecular formula is C10H20N4O. The molecule has 86 valence electrons.